The van der Waals surface area contributed by atoms with Gasteiger partial charge in [0, 0.05) is 32.0 Å². The second kappa shape index (κ2) is 5.54. The third kappa shape index (κ3) is 2.34. The molecule has 3 unspecified atom stereocenters. The quantitative estimate of drug-likeness (QED) is 0.929. The minimum Gasteiger partial charge on any atom is -0.378 e. The molecule has 0 amide bonds. The summed E-state index contributed by atoms with van der Waals surface area (Å²) in [6.07, 6.45) is 3.25. The number of benzene rings is 1. The summed E-state index contributed by atoms with van der Waals surface area (Å²) < 4.78 is 7.91. The second-order valence-electron chi connectivity index (χ2n) is 5.71. The molecule has 0 aliphatic carbocycles. The smallest absolute Gasteiger partial charge is 0.111 e. The van der Waals surface area contributed by atoms with Crippen LogP contribution in [0.15, 0.2) is 24.3 Å². The fourth-order valence-electron chi connectivity index (χ4n) is 3.32. The van der Waals surface area contributed by atoms with Gasteiger partial charge in [0.2, 0.25) is 0 Å². The molecule has 4 heteroatoms. The molecule has 3 atom stereocenters. The highest BCUT2D eigenvalue weighted by atomic mass is 16.5. The number of ether oxygens (including phenoxy) is 1. The molecule has 0 radical (unpaired) electrons. The van der Waals surface area contributed by atoms with E-state index >= 15 is 0 Å². The Morgan fingerprint density at radius 2 is 2.25 bits per heavy atom. The van der Waals surface area contributed by atoms with Crippen molar-refractivity contribution >= 4 is 11.0 Å². The van der Waals surface area contributed by atoms with Gasteiger partial charge in [-0.2, -0.15) is 0 Å². The van der Waals surface area contributed by atoms with E-state index in [0.717, 1.165) is 37.2 Å². The van der Waals surface area contributed by atoms with Crippen molar-refractivity contribution in [2.45, 2.75) is 38.3 Å². The number of fused-ring (bicyclic) bond motifs is 1. The van der Waals surface area contributed by atoms with Crippen molar-refractivity contribution in [3.05, 3.63) is 30.1 Å². The van der Waals surface area contributed by atoms with Crippen LogP contribution in [-0.2, 0) is 18.2 Å². The molecule has 2 heterocycles. The molecule has 2 aromatic rings. The first-order valence-corrected chi connectivity index (χ1v) is 7.48. The minimum atomic E-state index is 0.123. The van der Waals surface area contributed by atoms with E-state index in [1.165, 1.54) is 5.52 Å². The number of hydrogen-bond donors (Lipinski definition) is 1. The first-order valence-electron chi connectivity index (χ1n) is 7.48. The van der Waals surface area contributed by atoms with E-state index in [2.05, 4.69) is 30.7 Å². The Kier molecular flexibility index (Phi) is 3.76. The summed E-state index contributed by atoms with van der Waals surface area (Å²) >= 11 is 0. The van der Waals surface area contributed by atoms with Gasteiger partial charge in [0.25, 0.3) is 0 Å². The summed E-state index contributed by atoms with van der Waals surface area (Å²) in [5, 5.41) is 0. The molecule has 1 aromatic carbocycles. The van der Waals surface area contributed by atoms with Gasteiger partial charge in [-0.3, -0.25) is 0 Å². The lowest BCUT2D eigenvalue weighted by Gasteiger charge is -2.23. The number of rotatable bonds is 4. The Bertz CT molecular complexity index is 592. The molecule has 1 aliphatic rings. The van der Waals surface area contributed by atoms with E-state index in [0.29, 0.717) is 12.0 Å². The van der Waals surface area contributed by atoms with Crippen molar-refractivity contribution in [3.8, 4) is 0 Å². The van der Waals surface area contributed by atoms with Crippen molar-refractivity contribution in [2.75, 3.05) is 6.61 Å². The zero-order chi connectivity index (χ0) is 14.1. The number of nitrogens with two attached hydrogens (primary N) is 1. The van der Waals surface area contributed by atoms with Gasteiger partial charge >= 0.3 is 0 Å². The largest absolute Gasteiger partial charge is 0.378 e. The number of hydrogen-bond acceptors (Lipinski definition) is 3. The second-order valence-corrected chi connectivity index (χ2v) is 5.71. The van der Waals surface area contributed by atoms with Crippen LogP contribution in [0, 0.1) is 5.92 Å². The predicted molar refractivity (Wildman–Crippen MR) is 80.5 cm³/mol. The van der Waals surface area contributed by atoms with Gasteiger partial charge in [0.05, 0.1) is 17.1 Å². The van der Waals surface area contributed by atoms with Crippen LogP contribution in [0.1, 0.15) is 25.6 Å². The number of nitrogens with zero attached hydrogens (tertiary/aromatic N) is 2. The Hall–Kier alpha value is -1.39. The normalized spacial score (nSPS) is 24.4. The lowest BCUT2D eigenvalue weighted by molar-refractivity contribution is 0.0812. The van der Waals surface area contributed by atoms with E-state index in [-0.39, 0.29) is 6.04 Å². The van der Waals surface area contributed by atoms with Crippen molar-refractivity contribution < 1.29 is 4.74 Å². The van der Waals surface area contributed by atoms with Gasteiger partial charge in [-0.1, -0.05) is 19.1 Å². The lowest BCUT2D eigenvalue weighted by atomic mass is 9.90. The standard InChI is InChI=1S/C16H23N3O/c1-3-15-11(8-9-20-15)12(17)10-16-18-13-6-4-5-7-14(13)19(16)2/h4-7,11-12,15H,3,8-10,17H2,1-2H3. The van der Waals surface area contributed by atoms with Gasteiger partial charge in [-0.25, -0.2) is 4.98 Å². The Morgan fingerprint density at radius 3 is 3.00 bits per heavy atom. The molecule has 0 bridgehead atoms. The maximum Gasteiger partial charge on any atom is 0.111 e. The molecule has 1 fully saturated rings. The fourth-order valence-corrected chi connectivity index (χ4v) is 3.32. The molecule has 108 valence electrons. The summed E-state index contributed by atoms with van der Waals surface area (Å²) in [6, 6.07) is 8.35. The summed E-state index contributed by atoms with van der Waals surface area (Å²) in [6.45, 7) is 3.02. The average molecular weight is 273 g/mol. The molecular formula is C16H23N3O. The predicted octanol–water partition coefficient (Wildman–Crippen LogP) is 2.26. The highest BCUT2D eigenvalue weighted by Crippen LogP contribution is 2.27. The highest BCUT2D eigenvalue weighted by Gasteiger charge is 2.32. The van der Waals surface area contributed by atoms with Crippen LogP contribution in [0.4, 0.5) is 0 Å². The molecule has 1 aromatic heterocycles. The average Bonchev–Trinajstić information content (AvgIpc) is 3.05. The van der Waals surface area contributed by atoms with E-state index in [1.54, 1.807) is 0 Å². The molecule has 0 spiro atoms. The van der Waals surface area contributed by atoms with Gasteiger partial charge < -0.3 is 15.0 Å². The van der Waals surface area contributed by atoms with Crippen molar-refractivity contribution in [1.29, 1.82) is 0 Å². The SMILES string of the molecule is CCC1OCCC1C(N)Cc1nc2ccccc2n1C. The van der Waals surface area contributed by atoms with Crippen LogP contribution >= 0.6 is 0 Å². The summed E-state index contributed by atoms with van der Waals surface area (Å²) in [7, 11) is 2.07. The first kappa shape index (κ1) is 13.6. The third-order valence-electron chi connectivity index (χ3n) is 4.51. The van der Waals surface area contributed by atoms with Crippen LogP contribution < -0.4 is 5.73 Å². The highest BCUT2D eigenvalue weighted by molar-refractivity contribution is 5.75. The number of aryl methyl sites for hydroxylation is 1. The number of aromatic nitrogens is 2. The fraction of sp³-hybridized carbons (Fsp3) is 0.562. The van der Waals surface area contributed by atoms with Gasteiger partial charge in [-0.15, -0.1) is 0 Å². The lowest BCUT2D eigenvalue weighted by Crippen LogP contribution is -2.37. The molecule has 3 rings (SSSR count). The topological polar surface area (TPSA) is 53.1 Å². The summed E-state index contributed by atoms with van der Waals surface area (Å²) in [4.78, 5) is 4.72. The van der Waals surface area contributed by atoms with Crippen LogP contribution in [-0.4, -0.2) is 28.3 Å². The van der Waals surface area contributed by atoms with E-state index in [1.807, 2.05) is 12.1 Å². The van der Waals surface area contributed by atoms with Gasteiger partial charge in [-0.05, 0) is 25.0 Å². The van der Waals surface area contributed by atoms with Gasteiger partial charge in [0.1, 0.15) is 5.82 Å². The van der Waals surface area contributed by atoms with E-state index in [4.69, 9.17) is 15.5 Å². The molecule has 1 aliphatic heterocycles. The number of imidazole rings is 1. The molecule has 0 saturated carbocycles. The molecule has 2 N–H and O–H groups in total. The molecule has 20 heavy (non-hydrogen) atoms. The summed E-state index contributed by atoms with van der Waals surface area (Å²) in [5.41, 5.74) is 8.65. The third-order valence-corrected chi connectivity index (χ3v) is 4.51. The Labute approximate surface area is 119 Å². The Balaban J connectivity index is 1.80. The van der Waals surface area contributed by atoms with Crippen molar-refractivity contribution in [3.63, 3.8) is 0 Å². The van der Waals surface area contributed by atoms with Gasteiger partial charge in [0.15, 0.2) is 0 Å². The molecule has 1 saturated heterocycles. The minimum absolute atomic E-state index is 0.123. The molecule has 4 nitrogen and oxygen atoms in total. The molecular weight excluding hydrogens is 250 g/mol. The van der Waals surface area contributed by atoms with Crippen LogP contribution in [0.2, 0.25) is 0 Å². The van der Waals surface area contributed by atoms with Crippen LogP contribution in [0.25, 0.3) is 11.0 Å². The zero-order valence-electron chi connectivity index (χ0n) is 12.2. The first-order chi connectivity index (χ1) is 9.70. The van der Waals surface area contributed by atoms with E-state index < -0.39 is 0 Å². The van der Waals surface area contributed by atoms with Crippen LogP contribution in [0.5, 0.6) is 0 Å². The summed E-state index contributed by atoms with van der Waals surface area (Å²) in [5.74, 6) is 1.53. The maximum absolute atomic E-state index is 6.43. The Morgan fingerprint density at radius 1 is 1.45 bits per heavy atom. The van der Waals surface area contributed by atoms with E-state index in [9.17, 15) is 0 Å². The van der Waals surface area contributed by atoms with Crippen LogP contribution in [0.3, 0.4) is 0 Å². The number of para-hydroxylation sites is 2. The monoisotopic (exact) mass is 273 g/mol. The zero-order valence-corrected chi connectivity index (χ0v) is 12.2. The van der Waals surface area contributed by atoms with Crippen molar-refractivity contribution in [1.82, 2.24) is 9.55 Å². The maximum atomic E-state index is 6.43. The van der Waals surface area contributed by atoms with Crippen molar-refractivity contribution in [2.24, 2.45) is 18.7 Å².